The van der Waals surface area contributed by atoms with Gasteiger partial charge in [-0.15, -0.1) is 0 Å². The third-order valence-electron chi connectivity index (χ3n) is 5.26. The summed E-state index contributed by atoms with van der Waals surface area (Å²) < 4.78 is 28.1. The Morgan fingerprint density at radius 2 is 2.09 bits per heavy atom. The van der Waals surface area contributed by atoms with E-state index in [1.807, 2.05) is 0 Å². The van der Waals surface area contributed by atoms with Crippen molar-refractivity contribution in [2.45, 2.75) is 30.3 Å². The molecule has 1 aliphatic heterocycles. The summed E-state index contributed by atoms with van der Waals surface area (Å²) in [6.45, 7) is 1.43. The van der Waals surface area contributed by atoms with Crippen molar-refractivity contribution in [3.63, 3.8) is 0 Å². The van der Waals surface area contributed by atoms with Crippen LogP contribution in [0.2, 0.25) is 0 Å². The summed E-state index contributed by atoms with van der Waals surface area (Å²) in [6, 6.07) is 0. The highest BCUT2D eigenvalue weighted by Crippen LogP contribution is 2.55. The molecule has 1 N–H and O–H groups in total. The number of nitrogens with zero attached hydrogens (tertiary/aromatic N) is 3. The predicted molar refractivity (Wildman–Crippen MR) is 81.0 cm³/mol. The number of alkyl halides is 2. The van der Waals surface area contributed by atoms with Crippen LogP contribution in [0.5, 0.6) is 0 Å². The molecule has 1 saturated carbocycles. The maximum Gasteiger partial charge on any atom is 0.303 e. The Kier molecular flexibility index (Phi) is 3.30. The summed E-state index contributed by atoms with van der Waals surface area (Å²) >= 11 is 1.27. The second kappa shape index (κ2) is 5.03. The number of fused-ring (bicyclic) bond motifs is 2. The third-order valence-corrected chi connectivity index (χ3v) is 5.81. The third kappa shape index (κ3) is 2.38. The van der Waals surface area contributed by atoms with E-state index in [4.69, 9.17) is 5.11 Å². The van der Waals surface area contributed by atoms with E-state index < -0.39 is 11.9 Å². The summed E-state index contributed by atoms with van der Waals surface area (Å²) in [5, 5.41) is 9.27. The molecule has 2 fully saturated rings. The van der Waals surface area contributed by atoms with Gasteiger partial charge in [0.15, 0.2) is 5.16 Å². The smallest absolute Gasteiger partial charge is 0.303 e. The van der Waals surface area contributed by atoms with Crippen molar-refractivity contribution >= 4 is 23.5 Å². The fourth-order valence-corrected chi connectivity index (χ4v) is 4.43. The minimum atomic E-state index is -2.87. The van der Waals surface area contributed by atoms with Gasteiger partial charge in [-0.3, -0.25) is 4.79 Å². The number of aliphatic carboxylic acids is 1. The van der Waals surface area contributed by atoms with E-state index in [1.54, 1.807) is 6.26 Å². The van der Waals surface area contributed by atoms with Crippen LogP contribution < -0.4 is 4.90 Å². The minimum Gasteiger partial charge on any atom is -0.481 e. The van der Waals surface area contributed by atoms with Gasteiger partial charge in [0.2, 0.25) is 0 Å². The molecule has 0 radical (unpaired) electrons. The van der Waals surface area contributed by atoms with E-state index in [2.05, 4.69) is 14.9 Å². The van der Waals surface area contributed by atoms with Crippen molar-refractivity contribution in [1.29, 1.82) is 0 Å². The molecule has 1 unspecified atom stereocenters. The van der Waals surface area contributed by atoms with E-state index in [0.717, 1.165) is 0 Å². The Labute approximate surface area is 136 Å². The monoisotopic (exact) mass is 341 g/mol. The van der Waals surface area contributed by atoms with E-state index in [0.29, 0.717) is 47.9 Å². The van der Waals surface area contributed by atoms with Crippen molar-refractivity contribution in [2.24, 2.45) is 17.8 Å². The number of carbonyl (C=O) groups is 1. The molecule has 4 rings (SSSR count). The number of aromatic nitrogens is 2. The normalized spacial score (nSPS) is 30.2. The summed E-state index contributed by atoms with van der Waals surface area (Å²) in [5.41, 5.74) is 0.457. The Hall–Kier alpha value is -1.44. The number of carboxylic acid groups (broad SMARTS) is 1. The lowest BCUT2D eigenvalue weighted by atomic mass is 10.1. The van der Waals surface area contributed by atoms with E-state index in [9.17, 15) is 13.6 Å². The number of hydrogen-bond acceptors (Lipinski definition) is 5. The molecule has 124 valence electrons. The zero-order chi connectivity index (χ0) is 16.4. The number of rotatable bonds is 4. The molecule has 0 amide bonds. The Balaban J connectivity index is 1.60. The van der Waals surface area contributed by atoms with Crippen LogP contribution in [0, 0.1) is 17.8 Å². The number of carboxylic acids is 1. The molecule has 1 saturated heterocycles. The molecule has 3 atom stereocenters. The van der Waals surface area contributed by atoms with Crippen LogP contribution >= 0.6 is 11.8 Å². The van der Waals surface area contributed by atoms with Gasteiger partial charge in [-0.1, -0.05) is 11.8 Å². The van der Waals surface area contributed by atoms with E-state index in [1.165, 1.54) is 11.8 Å². The molecular formula is C15H17F2N3O2S. The fraction of sp³-hybridized carbons (Fsp3) is 0.667. The van der Waals surface area contributed by atoms with Crippen LogP contribution in [0.3, 0.4) is 0 Å². The lowest BCUT2D eigenvalue weighted by Gasteiger charge is -2.23. The van der Waals surface area contributed by atoms with E-state index >= 15 is 0 Å². The highest BCUT2D eigenvalue weighted by atomic mass is 32.2. The second-order valence-corrected chi connectivity index (χ2v) is 7.33. The molecule has 0 aromatic carbocycles. The highest BCUT2D eigenvalue weighted by Gasteiger charge is 2.57. The molecule has 5 nitrogen and oxygen atoms in total. The van der Waals surface area contributed by atoms with Crippen LogP contribution in [0.25, 0.3) is 0 Å². The number of anilines is 1. The predicted octanol–water partition coefficient (Wildman–Crippen LogP) is 2.39. The Morgan fingerprint density at radius 1 is 1.39 bits per heavy atom. The standard InChI is InChI=1S/C15H17F2N3O2S/c1-23-14-18-12-7(2-3-15(12,16)17)13(19-14)20-5-9-8(4-11(21)22)10(9)6-20/h8-10H,2-6H2,1H3,(H,21,22)/t8?,9-,10+. The van der Waals surface area contributed by atoms with Gasteiger partial charge >= 0.3 is 5.97 Å². The maximum atomic E-state index is 14.0. The van der Waals surface area contributed by atoms with Gasteiger partial charge in [-0.25, -0.2) is 9.97 Å². The number of hydrogen-bond donors (Lipinski definition) is 1. The molecule has 0 spiro atoms. The maximum absolute atomic E-state index is 14.0. The van der Waals surface area contributed by atoms with Crippen LogP contribution in [0.15, 0.2) is 5.16 Å². The molecule has 2 heterocycles. The average molecular weight is 341 g/mol. The Bertz CT molecular complexity index is 673. The second-order valence-electron chi connectivity index (χ2n) is 6.56. The quantitative estimate of drug-likeness (QED) is 0.670. The van der Waals surface area contributed by atoms with Crippen LogP contribution in [0.4, 0.5) is 14.6 Å². The lowest BCUT2D eigenvalue weighted by Crippen LogP contribution is -2.27. The zero-order valence-corrected chi connectivity index (χ0v) is 13.4. The number of piperidine rings is 1. The van der Waals surface area contributed by atoms with Crippen molar-refractivity contribution < 1.29 is 18.7 Å². The van der Waals surface area contributed by atoms with Crippen molar-refractivity contribution in [3.05, 3.63) is 11.3 Å². The van der Waals surface area contributed by atoms with Gasteiger partial charge < -0.3 is 10.0 Å². The topological polar surface area (TPSA) is 66.3 Å². The van der Waals surface area contributed by atoms with Crippen molar-refractivity contribution in [3.8, 4) is 0 Å². The number of halogens is 2. The van der Waals surface area contributed by atoms with E-state index in [-0.39, 0.29) is 24.5 Å². The van der Waals surface area contributed by atoms with Crippen LogP contribution in [0.1, 0.15) is 24.1 Å². The molecule has 1 aromatic rings. The minimum absolute atomic E-state index is 0.116. The molecular weight excluding hydrogens is 324 g/mol. The molecule has 1 aromatic heterocycles. The largest absolute Gasteiger partial charge is 0.481 e. The number of thioether (sulfide) groups is 1. The van der Waals surface area contributed by atoms with Gasteiger partial charge in [-0.05, 0) is 30.4 Å². The van der Waals surface area contributed by atoms with Gasteiger partial charge in [0.1, 0.15) is 11.5 Å². The first-order chi connectivity index (χ1) is 10.9. The van der Waals surface area contributed by atoms with Crippen LogP contribution in [-0.4, -0.2) is 40.4 Å². The summed E-state index contributed by atoms with van der Waals surface area (Å²) in [4.78, 5) is 21.4. The summed E-state index contributed by atoms with van der Waals surface area (Å²) in [6.07, 6.45) is 2.09. The van der Waals surface area contributed by atoms with Crippen molar-refractivity contribution in [1.82, 2.24) is 9.97 Å². The zero-order valence-electron chi connectivity index (χ0n) is 12.6. The average Bonchev–Trinajstić information content (AvgIpc) is 2.87. The van der Waals surface area contributed by atoms with Crippen LogP contribution in [-0.2, 0) is 17.1 Å². The molecule has 8 heteroatoms. The summed E-state index contributed by atoms with van der Waals surface area (Å²) in [7, 11) is 0. The van der Waals surface area contributed by atoms with Gasteiger partial charge in [0, 0.05) is 31.5 Å². The van der Waals surface area contributed by atoms with Crippen molar-refractivity contribution in [2.75, 3.05) is 24.2 Å². The Morgan fingerprint density at radius 3 is 2.70 bits per heavy atom. The molecule has 2 aliphatic carbocycles. The van der Waals surface area contributed by atoms with Gasteiger partial charge in [-0.2, -0.15) is 8.78 Å². The first-order valence-corrected chi connectivity index (χ1v) is 8.93. The SMILES string of the molecule is CSc1nc(N2C[C@@H]3C(CC(=O)O)[C@@H]3C2)c2c(n1)C(F)(F)CC2. The fourth-order valence-electron chi connectivity index (χ4n) is 4.06. The van der Waals surface area contributed by atoms with Gasteiger partial charge in [0.05, 0.1) is 0 Å². The van der Waals surface area contributed by atoms with Gasteiger partial charge in [0.25, 0.3) is 5.92 Å². The first kappa shape index (κ1) is 15.1. The first-order valence-electron chi connectivity index (χ1n) is 7.70. The summed E-state index contributed by atoms with van der Waals surface area (Å²) in [5.74, 6) is -2.04. The molecule has 23 heavy (non-hydrogen) atoms. The molecule has 0 bridgehead atoms. The lowest BCUT2D eigenvalue weighted by molar-refractivity contribution is -0.137. The highest BCUT2D eigenvalue weighted by molar-refractivity contribution is 7.98. The molecule has 3 aliphatic rings.